The minimum absolute atomic E-state index is 0.0312. The van der Waals surface area contributed by atoms with Gasteiger partial charge in [0.1, 0.15) is 46.7 Å². The fourth-order valence-electron chi connectivity index (χ4n) is 4.05. The second-order valence-corrected chi connectivity index (χ2v) is 12.9. The van der Waals surface area contributed by atoms with Crippen molar-refractivity contribution in [2.75, 3.05) is 26.8 Å². The number of alkyl halides is 1. The summed E-state index contributed by atoms with van der Waals surface area (Å²) >= 11 is 0. The summed E-state index contributed by atoms with van der Waals surface area (Å²) in [5.41, 5.74) is -3.07. The first kappa shape index (κ1) is 37.1. The van der Waals surface area contributed by atoms with Gasteiger partial charge in [-0.15, -0.1) is 0 Å². The number of halogens is 1. The van der Waals surface area contributed by atoms with Crippen LogP contribution in [0.15, 0.2) is 67.0 Å². The van der Waals surface area contributed by atoms with Gasteiger partial charge in [-0.05, 0) is 65.8 Å². The van der Waals surface area contributed by atoms with Crippen molar-refractivity contribution in [3.63, 3.8) is 0 Å². The third-order valence-corrected chi connectivity index (χ3v) is 6.66. The monoisotopic (exact) mass is 698 g/mol. The lowest BCUT2D eigenvalue weighted by Gasteiger charge is -2.16. The lowest BCUT2D eigenvalue weighted by molar-refractivity contribution is -0.162. The Morgan fingerprint density at radius 2 is 1.02 bits per heavy atom. The molecule has 15 heteroatoms. The van der Waals surface area contributed by atoms with Gasteiger partial charge in [-0.1, -0.05) is 12.1 Å². The molecule has 0 saturated heterocycles. The van der Waals surface area contributed by atoms with Crippen LogP contribution in [0.5, 0.6) is 11.5 Å². The van der Waals surface area contributed by atoms with E-state index in [0.29, 0.717) is 0 Å². The number of rotatable bonds is 12. The Morgan fingerprint density at radius 1 is 0.640 bits per heavy atom. The Hall–Kier alpha value is -5.73. The highest BCUT2D eigenvalue weighted by atomic mass is 19.1. The average Bonchev–Trinajstić information content (AvgIpc) is 3.04. The summed E-state index contributed by atoms with van der Waals surface area (Å²) in [7, 11) is 0. The van der Waals surface area contributed by atoms with Crippen LogP contribution in [0, 0.1) is 10.8 Å². The molecule has 0 bridgehead atoms. The molecule has 4 aromatic rings. The molecule has 0 saturated carbocycles. The lowest BCUT2D eigenvalue weighted by Crippen LogP contribution is -2.25. The van der Waals surface area contributed by atoms with Crippen molar-refractivity contribution in [2.45, 2.75) is 47.7 Å². The molecule has 2 aromatic heterocycles. The summed E-state index contributed by atoms with van der Waals surface area (Å²) in [4.78, 5) is 74.3. The van der Waals surface area contributed by atoms with Gasteiger partial charge in [0.15, 0.2) is 17.0 Å². The highest BCUT2D eigenvalue weighted by Gasteiger charge is 2.25. The van der Waals surface area contributed by atoms with Crippen molar-refractivity contribution >= 4 is 45.8 Å². The summed E-state index contributed by atoms with van der Waals surface area (Å²) < 4.78 is 56.6. The Labute approximate surface area is 283 Å². The van der Waals surface area contributed by atoms with Gasteiger partial charge in [0.05, 0.1) is 10.8 Å². The normalized spacial score (nSPS) is 11.7. The van der Waals surface area contributed by atoms with Crippen LogP contribution in [0.25, 0.3) is 21.9 Å². The second kappa shape index (κ2) is 15.2. The number of carbonyl (C=O) groups is 4. The van der Waals surface area contributed by atoms with Crippen molar-refractivity contribution in [1.29, 1.82) is 0 Å². The fraction of sp³-hybridized carbons (Fsp3) is 0.371. The van der Waals surface area contributed by atoms with E-state index in [-0.39, 0.29) is 33.4 Å². The van der Waals surface area contributed by atoms with E-state index in [9.17, 15) is 33.2 Å². The molecule has 0 aliphatic carbocycles. The van der Waals surface area contributed by atoms with E-state index in [1.165, 1.54) is 36.4 Å². The Balaban J connectivity index is 1.37. The van der Waals surface area contributed by atoms with E-state index in [1.807, 2.05) is 0 Å². The number of esters is 4. The maximum atomic E-state index is 15.0. The number of ether oxygens (including phenoxy) is 6. The maximum absolute atomic E-state index is 15.0. The van der Waals surface area contributed by atoms with Crippen LogP contribution in [-0.4, -0.2) is 56.8 Å². The molecule has 266 valence electrons. The van der Waals surface area contributed by atoms with Crippen molar-refractivity contribution in [3.05, 3.63) is 80.5 Å². The van der Waals surface area contributed by atoms with Gasteiger partial charge >= 0.3 is 23.9 Å². The van der Waals surface area contributed by atoms with Crippen LogP contribution in [0.1, 0.15) is 62.7 Å². The van der Waals surface area contributed by atoms with Crippen LogP contribution in [0.4, 0.5) is 4.39 Å². The molecule has 50 heavy (non-hydrogen) atoms. The molecule has 0 N–H and O–H groups in total. The number of hydrogen-bond acceptors (Lipinski definition) is 14. The highest BCUT2D eigenvalue weighted by Crippen LogP contribution is 2.26. The first-order valence-corrected chi connectivity index (χ1v) is 15.2. The van der Waals surface area contributed by atoms with Crippen LogP contribution in [-0.2, 0) is 28.5 Å². The molecular formula is C35H35FO14. The molecule has 2 aromatic carbocycles. The molecule has 0 fully saturated rings. The van der Waals surface area contributed by atoms with Gasteiger partial charge < -0.3 is 37.3 Å². The highest BCUT2D eigenvalue weighted by molar-refractivity contribution is 5.91. The number of fused-ring (bicyclic) bond motifs is 2. The Kier molecular flexibility index (Phi) is 11.3. The predicted molar refractivity (Wildman–Crippen MR) is 173 cm³/mol. The Morgan fingerprint density at radius 3 is 1.38 bits per heavy atom. The zero-order chi connectivity index (χ0) is 36.8. The fourth-order valence-corrected chi connectivity index (χ4v) is 4.05. The van der Waals surface area contributed by atoms with Crippen LogP contribution in [0.3, 0.4) is 0 Å². The van der Waals surface area contributed by atoms with Gasteiger partial charge in [0.25, 0.3) is 0 Å². The third kappa shape index (κ3) is 9.24. The molecule has 0 aliphatic heterocycles. The van der Waals surface area contributed by atoms with Crippen molar-refractivity contribution in [3.8, 4) is 11.5 Å². The molecule has 0 atom stereocenters. The van der Waals surface area contributed by atoms with E-state index in [4.69, 9.17) is 37.3 Å². The first-order valence-electron chi connectivity index (χ1n) is 15.2. The van der Waals surface area contributed by atoms with Gasteiger partial charge in [-0.25, -0.2) is 14.0 Å². The topological polar surface area (TPSA) is 184 Å². The van der Waals surface area contributed by atoms with Crippen molar-refractivity contribution in [2.24, 2.45) is 10.8 Å². The summed E-state index contributed by atoms with van der Waals surface area (Å²) in [6.45, 7) is 7.24. The van der Waals surface area contributed by atoms with Gasteiger partial charge in [-0.3, -0.25) is 19.2 Å². The molecule has 2 heterocycles. The molecule has 0 radical (unpaired) electrons. The zero-order valence-corrected chi connectivity index (χ0v) is 28.1. The predicted octanol–water partition coefficient (Wildman–Crippen LogP) is 5.10. The van der Waals surface area contributed by atoms with Gasteiger partial charge in [0, 0.05) is 12.1 Å². The van der Waals surface area contributed by atoms with Crippen molar-refractivity contribution < 1.29 is 60.8 Å². The zero-order valence-electron chi connectivity index (χ0n) is 28.1. The van der Waals surface area contributed by atoms with E-state index >= 15 is 0 Å². The third-order valence-electron chi connectivity index (χ3n) is 6.66. The molecule has 0 unspecified atom stereocenters. The molecule has 0 amide bonds. The van der Waals surface area contributed by atoms with E-state index in [1.54, 1.807) is 41.5 Å². The second-order valence-electron chi connectivity index (χ2n) is 12.9. The molecule has 0 aliphatic rings. The Bertz CT molecular complexity index is 1880. The number of carbonyl (C=O) groups excluding carboxylic acids is 4. The lowest BCUT2D eigenvalue weighted by atomic mass is 9.97. The van der Waals surface area contributed by atoms with Crippen LogP contribution in [0.2, 0.25) is 0 Å². The summed E-state index contributed by atoms with van der Waals surface area (Å²) in [6.07, 6.45) is -1.75. The average molecular weight is 699 g/mol. The molecular weight excluding hydrogens is 663 g/mol. The number of hydrogen-bond donors (Lipinski definition) is 0. The molecule has 14 nitrogen and oxygen atoms in total. The van der Waals surface area contributed by atoms with Crippen LogP contribution >= 0.6 is 0 Å². The van der Waals surface area contributed by atoms with E-state index in [2.05, 4.69) is 0 Å². The minimum Gasteiger partial charge on any atom is -0.489 e. The smallest absolute Gasteiger partial charge is 0.377 e. The summed E-state index contributed by atoms with van der Waals surface area (Å²) in [5, 5.41) is -0.130. The standard InChI is InChI=1S/C35H35FO14/c1-34(2,3)32(41)47-17-45-30(39)26-13-20(37)28-22(9-7-11-24(28)49-26)43-15-19(36)16-44-23-10-8-12-25-29(23)21(38)14-27(50-25)31(40)46-18-48-33(42)35(4,5)6/h7-14,19H,15-18H2,1-6H3. The molecule has 4 rings (SSSR count). The van der Waals surface area contributed by atoms with Gasteiger partial charge in [-0.2, -0.15) is 0 Å². The first-order chi connectivity index (χ1) is 23.5. The maximum Gasteiger partial charge on any atom is 0.377 e. The quantitative estimate of drug-likeness (QED) is 0.141. The van der Waals surface area contributed by atoms with Crippen molar-refractivity contribution in [1.82, 2.24) is 0 Å². The molecule has 0 spiro atoms. The van der Waals surface area contributed by atoms with E-state index < -0.39 is 90.1 Å². The largest absolute Gasteiger partial charge is 0.489 e. The van der Waals surface area contributed by atoms with E-state index in [0.717, 1.165) is 12.1 Å². The number of benzene rings is 2. The minimum atomic E-state index is -1.75. The van der Waals surface area contributed by atoms with Gasteiger partial charge in [0.2, 0.25) is 25.1 Å². The SMILES string of the molecule is CC(C)(C)C(=O)OCOC(=O)c1cc(=O)c2c(OCC(F)COc3cccc4oc(C(=O)OCOC(=O)C(C)(C)C)cc(=O)c34)cccc2o1. The summed E-state index contributed by atoms with van der Waals surface area (Å²) in [5.74, 6) is -4.25. The summed E-state index contributed by atoms with van der Waals surface area (Å²) in [6, 6.07) is 10.3. The van der Waals surface area contributed by atoms with Crippen LogP contribution < -0.4 is 20.3 Å².